The standard InChI is InChI=1S/C14H26N4O2/c1-10-13(15)11(2)18(17-10)8-12(20)16-9-14(3,4)6-5-7-19/h19H,5-9,15H2,1-4H3,(H,16,20). The zero-order valence-corrected chi connectivity index (χ0v) is 12.9. The first kappa shape index (κ1) is 16.5. The van der Waals surface area contributed by atoms with Crippen LogP contribution in [-0.2, 0) is 11.3 Å². The molecule has 1 aromatic heterocycles. The van der Waals surface area contributed by atoms with Gasteiger partial charge in [-0.2, -0.15) is 5.10 Å². The summed E-state index contributed by atoms with van der Waals surface area (Å²) >= 11 is 0. The minimum atomic E-state index is -0.0762. The van der Waals surface area contributed by atoms with Crippen LogP contribution in [0, 0.1) is 19.3 Å². The number of anilines is 1. The molecule has 6 heteroatoms. The summed E-state index contributed by atoms with van der Waals surface area (Å²) in [5.41, 5.74) is 8.02. The summed E-state index contributed by atoms with van der Waals surface area (Å²) in [5.74, 6) is -0.0762. The second kappa shape index (κ2) is 6.74. The molecule has 0 aliphatic rings. The van der Waals surface area contributed by atoms with E-state index >= 15 is 0 Å². The maximum atomic E-state index is 11.9. The number of hydrogen-bond acceptors (Lipinski definition) is 4. The van der Waals surface area contributed by atoms with E-state index in [4.69, 9.17) is 10.8 Å². The number of hydrogen-bond donors (Lipinski definition) is 3. The average Bonchev–Trinajstić information content (AvgIpc) is 2.62. The lowest BCUT2D eigenvalue weighted by atomic mass is 9.88. The first-order valence-electron chi connectivity index (χ1n) is 6.94. The molecule has 0 aliphatic carbocycles. The van der Waals surface area contributed by atoms with Gasteiger partial charge in [-0.25, -0.2) is 0 Å². The molecular formula is C14H26N4O2. The van der Waals surface area contributed by atoms with Crippen LogP contribution >= 0.6 is 0 Å². The molecule has 0 radical (unpaired) electrons. The molecule has 4 N–H and O–H groups in total. The van der Waals surface area contributed by atoms with Gasteiger partial charge in [-0.3, -0.25) is 9.48 Å². The summed E-state index contributed by atoms with van der Waals surface area (Å²) < 4.78 is 1.63. The lowest BCUT2D eigenvalue weighted by molar-refractivity contribution is -0.122. The molecule has 1 heterocycles. The molecule has 0 fully saturated rings. The van der Waals surface area contributed by atoms with E-state index in [2.05, 4.69) is 24.3 Å². The van der Waals surface area contributed by atoms with Gasteiger partial charge in [0.15, 0.2) is 0 Å². The van der Waals surface area contributed by atoms with Gasteiger partial charge in [0.1, 0.15) is 6.54 Å². The molecule has 0 bridgehead atoms. The Morgan fingerprint density at radius 1 is 1.45 bits per heavy atom. The summed E-state index contributed by atoms with van der Waals surface area (Å²) in [5, 5.41) is 16.0. The molecule has 6 nitrogen and oxygen atoms in total. The Kier molecular flexibility index (Phi) is 5.56. The molecule has 0 saturated heterocycles. The molecule has 20 heavy (non-hydrogen) atoms. The van der Waals surface area contributed by atoms with E-state index in [9.17, 15) is 4.79 Å². The second-order valence-corrected chi connectivity index (χ2v) is 6.01. The maximum absolute atomic E-state index is 11.9. The van der Waals surface area contributed by atoms with Crippen molar-refractivity contribution in [2.75, 3.05) is 18.9 Å². The van der Waals surface area contributed by atoms with Crippen molar-refractivity contribution in [3.63, 3.8) is 0 Å². The van der Waals surface area contributed by atoms with Crippen LogP contribution in [0.25, 0.3) is 0 Å². The number of rotatable bonds is 7. The van der Waals surface area contributed by atoms with Gasteiger partial charge in [0.25, 0.3) is 0 Å². The number of carbonyl (C=O) groups excluding carboxylic acids is 1. The van der Waals surface area contributed by atoms with Gasteiger partial charge < -0.3 is 16.2 Å². The molecule has 0 aromatic carbocycles. The predicted molar refractivity (Wildman–Crippen MR) is 79.2 cm³/mol. The van der Waals surface area contributed by atoms with Gasteiger partial charge in [0.05, 0.1) is 17.1 Å². The highest BCUT2D eigenvalue weighted by Crippen LogP contribution is 2.20. The zero-order chi connectivity index (χ0) is 15.3. The number of carbonyl (C=O) groups is 1. The molecule has 114 valence electrons. The topological polar surface area (TPSA) is 93.2 Å². The van der Waals surface area contributed by atoms with E-state index in [0.29, 0.717) is 12.2 Å². The highest BCUT2D eigenvalue weighted by atomic mass is 16.2. The van der Waals surface area contributed by atoms with Crippen molar-refractivity contribution in [1.82, 2.24) is 15.1 Å². The van der Waals surface area contributed by atoms with E-state index in [1.54, 1.807) is 4.68 Å². The van der Waals surface area contributed by atoms with E-state index in [0.717, 1.165) is 24.2 Å². The molecule has 0 spiro atoms. The molecule has 0 atom stereocenters. The molecule has 1 amide bonds. The first-order chi connectivity index (χ1) is 9.26. The van der Waals surface area contributed by atoms with Crippen LogP contribution in [0.2, 0.25) is 0 Å². The van der Waals surface area contributed by atoms with Crippen LogP contribution in [0.1, 0.15) is 38.1 Å². The number of nitrogens with one attached hydrogen (secondary N) is 1. The number of nitrogen functional groups attached to an aromatic ring is 1. The highest BCUT2D eigenvalue weighted by Gasteiger charge is 2.19. The molecule has 0 unspecified atom stereocenters. The maximum Gasteiger partial charge on any atom is 0.241 e. The Morgan fingerprint density at radius 2 is 2.10 bits per heavy atom. The van der Waals surface area contributed by atoms with Gasteiger partial charge in [-0.1, -0.05) is 13.8 Å². The van der Waals surface area contributed by atoms with Crippen LogP contribution in [0.15, 0.2) is 0 Å². The number of aromatic nitrogens is 2. The Labute approximate surface area is 120 Å². The quantitative estimate of drug-likeness (QED) is 0.695. The number of aliphatic hydroxyl groups excluding tert-OH is 1. The number of aryl methyl sites for hydroxylation is 1. The number of nitrogens with two attached hydrogens (primary N) is 1. The van der Waals surface area contributed by atoms with E-state index in [1.165, 1.54) is 0 Å². The number of amides is 1. The fraction of sp³-hybridized carbons (Fsp3) is 0.714. The van der Waals surface area contributed by atoms with Crippen LogP contribution in [0.3, 0.4) is 0 Å². The molecular weight excluding hydrogens is 256 g/mol. The third-order valence-electron chi connectivity index (χ3n) is 3.51. The fourth-order valence-corrected chi connectivity index (χ4v) is 2.04. The summed E-state index contributed by atoms with van der Waals surface area (Å²) in [6, 6.07) is 0. The Balaban J connectivity index is 2.50. The highest BCUT2D eigenvalue weighted by molar-refractivity contribution is 5.76. The molecule has 1 rings (SSSR count). The van der Waals surface area contributed by atoms with Gasteiger partial charge in [-0.15, -0.1) is 0 Å². The fourth-order valence-electron chi connectivity index (χ4n) is 2.04. The largest absolute Gasteiger partial charge is 0.396 e. The molecule has 0 saturated carbocycles. The summed E-state index contributed by atoms with van der Waals surface area (Å²) in [4.78, 5) is 11.9. The first-order valence-corrected chi connectivity index (χ1v) is 6.94. The van der Waals surface area contributed by atoms with Crippen molar-refractivity contribution in [3.05, 3.63) is 11.4 Å². The van der Waals surface area contributed by atoms with Crippen molar-refractivity contribution in [3.8, 4) is 0 Å². The van der Waals surface area contributed by atoms with Crippen molar-refractivity contribution in [1.29, 1.82) is 0 Å². The Bertz CT molecular complexity index is 466. The van der Waals surface area contributed by atoms with Crippen molar-refractivity contribution in [2.45, 2.75) is 47.1 Å². The minimum absolute atomic E-state index is 0.0213. The van der Waals surface area contributed by atoms with Gasteiger partial charge in [-0.05, 0) is 32.1 Å². The number of aliphatic hydroxyl groups is 1. The van der Waals surface area contributed by atoms with E-state index < -0.39 is 0 Å². The minimum Gasteiger partial charge on any atom is -0.396 e. The van der Waals surface area contributed by atoms with E-state index in [-0.39, 0.29) is 24.5 Å². The van der Waals surface area contributed by atoms with Crippen LogP contribution < -0.4 is 11.1 Å². The molecule has 0 aliphatic heterocycles. The summed E-state index contributed by atoms with van der Waals surface area (Å²) in [6.45, 7) is 8.78. The third kappa shape index (κ3) is 4.52. The number of nitrogens with zero attached hydrogens (tertiary/aromatic N) is 2. The Hall–Kier alpha value is -1.56. The SMILES string of the molecule is Cc1nn(CC(=O)NCC(C)(C)CCCO)c(C)c1N. The lowest BCUT2D eigenvalue weighted by Gasteiger charge is -2.24. The van der Waals surface area contributed by atoms with Crippen molar-refractivity contribution in [2.24, 2.45) is 5.41 Å². The van der Waals surface area contributed by atoms with Gasteiger partial charge >= 0.3 is 0 Å². The monoisotopic (exact) mass is 282 g/mol. The molecule has 1 aromatic rings. The summed E-state index contributed by atoms with van der Waals surface area (Å²) in [6.07, 6.45) is 1.62. The van der Waals surface area contributed by atoms with Crippen LogP contribution in [0.4, 0.5) is 5.69 Å². The third-order valence-corrected chi connectivity index (χ3v) is 3.51. The average molecular weight is 282 g/mol. The smallest absolute Gasteiger partial charge is 0.241 e. The predicted octanol–water partition coefficient (Wildman–Crippen LogP) is 0.997. The summed E-state index contributed by atoms with van der Waals surface area (Å²) in [7, 11) is 0. The second-order valence-electron chi connectivity index (χ2n) is 6.01. The lowest BCUT2D eigenvalue weighted by Crippen LogP contribution is -2.36. The van der Waals surface area contributed by atoms with Crippen LogP contribution in [-0.4, -0.2) is 33.9 Å². The van der Waals surface area contributed by atoms with Gasteiger partial charge in [0, 0.05) is 13.2 Å². The normalized spacial score (nSPS) is 11.7. The van der Waals surface area contributed by atoms with Gasteiger partial charge in [0.2, 0.25) is 5.91 Å². The van der Waals surface area contributed by atoms with Crippen molar-refractivity contribution >= 4 is 11.6 Å². The van der Waals surface area contributed by atoms with E-state index in [1.807, 2.05) is 13.8 Å². The van der Waals surface area contributed by atoms with Crippen molar-refractivity contribution < 1.29 is 9.90 Å². The Morgan fingerprint density at radius 3 is 2.60 bits per heavy atom. The van der Waals surface area contributed by atoms with Crippen LogP contribution in [0.5, 0.6) is 0 Å². The zero-order valence-electron chi connectivity index (χ0n) is 12.9.